The molecule has 1 aliphatic heterocycles. The second-order valence-corrected chi connectivity index (χ2v) is 6.22. The third kappa shape index (κ3) is 7.78. The van der Waals surface area contributed by atoms with Crippen LogP contribution in [0.25, 0.3) is 0 Å². The summed E-state index contributed by atoms with van der Waals surface area (Å²) in [6.07, 6.45) is 0. The zero-order valence-electron chi connectivity index (χ0n) is 23.2. The van der Waals surface area contributed by atoms with Crippen molar-refractivity contribution < 1.29 is 25.6 Å². The number of hydrogen-bond acceptors (Lipinski definition) is 4. The predicted octanol–water partition coefficient (Wildman–Crippen LogP) is 3.99. The first-order valence-corrected chi connectivity index (χ1v) is 8.70. The molecule has 0 aromatic heterocycles. The van der Waals surface area contributed by atoms with Crippen molar-refractivity contribution in [3.63, 3.8) is 0 Å². The Morgan fingerprint density at radius 1 is 1.03 bits per heavy atom. The fourth-order valence-electron chi connectivity index (χ4n) is 2.61. The zero-order valence-corrected chi connectivity index (χ0v) is 17.6. The highest BCUT2D eigenvalue weighted by atomic mass is 35.5. The molecule has 5 nitrogen and oxygen atoms in total. The van der Waals surface area contributed by atoms with Crippen molar-refractivity contribution in [2.75, 3.05) is 45.7 Å². The van der Waals surface area contributed by atoms with Crippen molar-refractivity contribution in [2.24, 2.45) is 0 Å². The van der Waals surface area contributed by atoms with Gasteiger partial charge in [-0.3, -0.25) is 9.80 Å². The Labute approximate surface area is 200 Å². The fraction of sp³-hybridized carbons (Fsp3) is 0.381. The molecule has 1 heterocycles. The van der Waals surface area contributed by atoms with Crippen LogP contribution in [0.1, 0.15) is 28.1 Å². The number of aliphatic carboxylic acids is 1. The smallest absolute Gasteiger partial charge is 0.329 e. The number of nitrogens with zero attached hydrogens (tertiary/aromatic N) is 2. The summed E-state index contributed by atoms with van der Waals surface area (Å²) in [5.74, 6) is -1.28. The van der Waals surface area contributed by atoms with Gasteiger partial charge in [0.15, 0.2) is 0 Å². The van der Waals surface area contributed by atoms with E-state index in [4.69, 9.17) is 32.4 Å². The molecule has 0 spiro atoms. The molecule has 1 N–H and O–H groups in total. The van der Waals surface area contributed by atoms with Crippen LogP contribution in [0.2, 0.25) is 5.02 Å². The Hall–Kier alpha value is -1.34. The molecule has 0 saturated carbocycles. The lowest BCUT2D eigenvalue weighted by atomic mass is 9.96. The van der Waals surface area contributed by atoms with Gasteiger partial charge in [0.25, 0.3) is 0 Å². The van der Waals surface area contributed by atoms with Gasteiger partial charge in [-0.05, 0) is 23.3 Å². The summed E-state index contributed by atoms with van der Waals surface area (Å²) in [4.78, 5) is 11.7. The number of benzene rings is 2. The lowest BCUT2D eigenvalue weighted by molar-refractivity contribution is -0.142. The Morgan fingerprint density at radius 3 is 2.21 bits per heavy atom. The van der Waals surface area contributed by atoms with E-state index < -0.39 is 57.8 Å². The van der Waals surface area contributed by atoms with Gasteiger partial charge in [-0.15, -0.1) is 24.8 Å². The number of rotatable bonds is 8. The molecule has 3 rings (SSSR count). The van der Waals surface area contributed by atoms with Gasteiger partial charge in [-0.1, -0.05) is 54.1 Å². The number of carboxylic acid groups (broad SMARTS) is 1. The van der Waals surface area contributed by atoms with E-state index in [0.29, 0.717) is 25.9 Å². The Balaban J connectivity index is 0.00000342. The van der Waals surface area contributed by atoms with Crippen molar-refractivity contribution in [3.05, 3.63) is 70.7 Å². The van der Waals surface area contributed by atoms with Crippen LogP contribution in [-0.4, -0.2) is 66.6 Å². The van der Waals surface area contributed by atoms with Gasteiger partial charge in [-0.25, -0.2) is 4.79 Å². The average Bonchev–Trinajstić information content (AvgIpc) is 2.76. The van der Waals surface area contributed by atoms with Crippen LogP contribution >= 0.6 is 36.4 Å². The van der Waals surface area contributed by atoms with Crippen LogP contribution in [0.5, 0.6) is 0 Å². The van der Waals surface area contributed by atoms with E-state index in [-0.39, 0.29) is 24.8 Å². The van der Waals surface area contributed by atoms with E-state index in [9.17, 15) is 4.79 Å². The molecule has 8 heteroatoms. The maximum Gasteiger partial charge on any atom is 0.329 e. The number of halogens is 3. The van der Waals surface area contributed by atoms with Crippen LogP contribution in [0, 0.1) is 0 Å². The second-order valence-electron chi connectivity index (χ2n) is 5.78. The van der Waals surface area contributed by atoms with Gasteiger partial charge in [0.2, 0.25) is 0 Å². The average molecular weight is 470 g/mol. The highest BCUT2D eigenvalue weighted by molar-refractivity contribution is 6.30. The molecule has 0 radical (unpaired) electrons. The summed E-state index contributed by atoms with van der Waals surface area (Å²) in [6, 6.07) is 13.3. The minimum Gasteiger partial charge on any atom is -0.480 e. The molecule has 160 valence electrons. The van der Waals surface area contributed by atoms with E-state index in [1.54, 1.807) is 42.5 Å². The van der Waals surface area contributed by atoms with E-state index in [0.717, 1.165) is 0 Å². The molecule has 1 aliphatic rings. The summed E-state index contributed by atoms with van der Waals surface area (Å²) in [5.41, 5.74) is 0.811. The lowest BCUT2D eigenvalue weighted by Gasteiger charge is -2.39. The van der Waals surface area contributed by atoms with Crippen molar-refractivity contribution >= 4 is 42.4 Å². The molecule has 1 saturated heterocycles. The Kier molecular flexibility index (Phi) is 6.96. The molecule has 2 aromatic rings. The van der Waals surface area contributed by atoms with Gasteiger partial charge in [0.05, 0.1) is 12.6 Å². The molecular formula is C21H27Cl3N2O3. The zero-order chi connectivity index (χ0) is 26.2. The maximum absolute atomic E-state index is 10.7. The monoisotopic (exact) mass is 468 g/mol. The van der Waals surface area contributed by atoms with Crippen molar-refractivity contribution in [3.8, 4) is 0 Å². The summed E-state index contributed by atoms with van der Waals surface area (Å²) >= 11 is 6.01. The maximum atomic E-state index is 10.7. The van der Waals surface area contributed by atoms with Crippen LogP contribution in [0.4, 0.5) is 0 Å². The number of ether oxygens (including phenoxy) is 1. The van der Waals surface area contributed by atoms with Crippen molar-refractivity contribution in [1.82, 2.24) is 9.80 Å². The highest BCUT2D eigenvalue weighted by Gasteiger charge is 2.26. The van der Waals surface area contributed by atoms with E-state index in [1.807, 2.05) is 0 Å². The minimum absolute atomic E-state index is 0. The summed E-state index contributed by atoms with van der Waals surface area (Å²) in [5, 5.41) is 9.12. The van der Waals surface area contributed by atoms with Gasteiger partial charge in [0.1, 0.15) is 6.61 Å². The molecule has 1 fully saturated rings. The van der Waals surface area contributed by atoms with Crippen molar-refractivity contribution in [1.29, 1.82) is 0 Å². The minimum atomic E-state index is -3.06. The van der Waals surface area contributed by atoms with Crippen molar-refractivity contribution in [2.45, 2.75) is 6.04 Å². The number of hydrogen-bond donors (Lipinski definition) is 1. The normalized spacial score (nSPS) is 26.8. The predicted molar refractivity (Wildman–Crippen MR) is 121 cm³/mol. The van der Waals surface area contributed by atoms with Crippen LogP contribution in [0.15, 0.2) is 54.6 Å². The molecule has 1 atom stereocenters. The van der Waals surface area contributed by atoms with E-state index in [1.165, 1.54) is 12.1 Å². The lowest BCUT2D eigenvalue weighted by Crippen LogP contribution is -2.48. The first-order chi connectivity index (χ1) is 16.2. The molecule has 29 heavy (non-hydrogen) atoms. The summed E-state index contributed by atoms with van der Waals surface area (Å²) in [7, 11) is 0. The van der Waals surface area contributed by atoms with E-state index in [2.05, 4.69) is 0 Å². The molecule has 2 aromatic carbocycles. The second kappa shape index (κ2) is 13.1. The number of piperazine rings is 1. The molecule has 0 aliphatic carbocycles. The molecule has 0 bridgehead atoms. The summed E-state index contributed by atoms with van der Waals surface area (Å²) < 4.78 is 74.4. The van der Waals surface area contributed by atoms with Gasteiger partial charge in [0, 0.05) is 48.5 Å². The van der Waals surface area contributed by atoms with Crippen LogP contribution < -0.4 is 0 Å². The number of carbonyl (C=O) groups is 1. The fourth-order valence-corrected chi connectivity index (χ4v) is 2.74. The summed E-state index contributed by atoms with van der Waals surface area (Å²) in [6.45, 7) is -14.0. The highest BCUT2D eigenvalue weighted by Crippen LogP contribution is 2.30. The quantitative estimate of drug-likeness (QED) is 0.592. The standard InChI is InChI=1S/C21H25ClN2O3.2ClH/c22-19-8-6-18(7-9-19)21(17-4-2-1-3-5-17)24-12-10-23(11-13-24)14-15-27-16-20(25)26;;/h1-9,21H,10-16H2,(H,25,26);2*1H/t21-;;/m1../s1/i10D2,11D2,12D2,13D2;;. The van der Waals surface area contributed by atoms with Crippen LogP contribution in [-0.2, 0) is 9.53 Å². The van der Waals surface area contributed by atoms with Gasteiger partial charge in [-0.2, -0.15) is 0 Å². The Bertz CT molecular complexity index is 1020. The third-order valence-electron chi connectivity index (χ3n) is 3.85. The Morgan fingerprint density at radius 2 is 1.62 bits per heavy atom. The van der Waals surface area contributed by atoms with Gasteiger partial charge >= 0.3 is 5.97 Å². The number of carboxylic acids is 1. The van der Waals surface area contributed by atoms with Crippen LogP contribution in [0.3, 0.4) is 0 Å². The molecule has 0 amide bonds. The largest absolute Gasteiger partial charge is 0.480 e. The third-order valence-corrected chi connectivity index (χ3v) is 4.11. The SMILES string of the molecule is Cl.Cl.[2H]C1([2H])N(CCOCC(=O)O)C([2H])([2H])C([2H])([2H])N([C@H](c2ccccc2)c2ccc(Cl)cc2)C1([2H])[2H]. The topological polar surface area (TPSA) is 53.0 Å². The van der Waals surface area contributed by atoms with E-state index >= 15 is 0 Å². The van der Waals surface area contributed by atoms with Gasteiger partial charge < -0.3 is 9.84 Å². The first-order valence-electron chi connectivity index (χ1n) is 12.3. The first kappa shape index (κ1) is 15.5. The molecule has 0 unspecified atom stereocenters. The molecular weight excluding hydrogens is 435 g/mol.